The standard InChI is InChI=1S/C17H25FN2O3/c1-2-8-17(12-21)11-20(9-7-15(17)22)10-16(23)19-14-6-4-3-5-13(14)18/h3-6,15,21-22H,2,7-12H2,1H3,(H,19,23)/t15-,17+/m0/s1. The van der Waals surface area contributed by atoms with Crippen molar-refractivity contribution in [3.05, 3.63) is 30.1 Å². The second-order valence-electron chi connectivity index (χ2n) is 6.31. The van der Waals surface area contributed by atoms with E-state index in [0.29, 0.717) is 25.9 Å². The number of amides is 1. The molecular weight excluding hydrogens is 299 g/mol. The number of benzene rings is 1. The van der Waals surface area contributed by atoms with Crippen LogP contribution in [-0.2, 0) is 4.79 Å². The predicted octanol–water partition coefficient (Wildman–Crippen LogP) is 1.61. The Bertz CT molecular complexity index is 540. The van der Waals surface area contributed by atoms with Crippen LogP contribution in [-0.4, -0.2) is 53.4 Å². The number of nitrogens with one attached hydrogen (secondary N) is 1. The number of hydrogen-bond donors (Lipinski definition) is 3. The number of hydrogen-bond acceptors (Lipinski definition) is 4. The molecule has 5 nitrogen and oxygen atoms in total. The Hall–Kier alpha value is -1.50. The van der Waals surface area contributed by atoms with Crippen molar-refractivity contribution in [3.63, 3.8) is 0 Å². The minimum absolute atomic E-state index is 0.104. The molecule has 1 aromatic rings. The van der Waals surface area contributed by atoms with Crippen molar-refractivity contribution >= 4 is 11.6 Å². The fourth-order valence-electron chi connectivity index (χ4n) is 3.31. The first kappa shape index (κ1) is 17.8. The van der Waals surface area contributed by atoms with Gasteiger partial charge in [0.15, 0.2) is 0 Å². The Kier molecular flexibility index (Phi) is 6.10. The van der Waals surface area contributed by atoms with Crippen LogP contribution in [0.3, 0.4) is 0 Å². The first-order valence-corrected chi connectivity index (χ1v) is 8.06. The third kappa shape index (κ3) is 4.28. The van der Waals surface area contributed by atoms with Gasteiger partial charge in [-0.25, -0.2) is 4.39 Å². The number of rotatable bonds is 6. The van der Waals surface area contributed by atoms with Gasteiger partial charge in [-0.3, -0.25) is 9.69 Å². The summed E-state index contributed by atoms with van der Waals surface area (Å²) in [5, 5.41) is 22.5. The molecule has 0 saturated carbocycles. The van der Waals surface area contributed by atoms with Crippen molar-refractivity contribution in [2.75, 3.05) is 31.6 Å². The number of piperidine rings is 1. The molecule has 23 heavy (non-hydrogen) atoms. The summed E-state index contributed by atoms with van der Waals surface area (Å²) in [7, 11) is 0. The van der Waals surface area contributed by atoms with Crippen LogP contribution in [0.4, 0.5) is 10.1 Å². The van der Waals surface area contributed by atoms with Crippen molar-refractivity contribution in [2.24, 2.45) is 5.41 Å². The number of aliphatic hydroxyl groups is 2. The average Bonchev–Trinajstić information content (AvgIpc) is 2.53. The minimum atomic E-state index is -0.578. The summed E-state index contributed by atoms with van der Waals surface area (Å²) in [4.78, 5) is 14.0. The number of likely N-dealkylation sites (tertiary alicyclic amines) is 1. The lowest BCUT2D eigenvalue weighted by Gasteiger charge is -2.45. The van der Waals surface area contributed by atoms with Gasteiger partial charge in [-0.15, -0.1) is 0 Å². The van der Waals surface area contributed by atoms with Crippen LogP contribution in [0, 0.1) is 11.2 Å². The van der Waals surface area contributed by atoms with Crippen molar-refractivity contribution < 1.29 is 19.4 Å². The van der Waals surface area contributed by atoms with Gasteiger partial charge < -0.3 is 15.5 Å². The molecule has 128 valence electrons. The maximum Gasteiger partial charge on any atom is 0.238 e. The largest absolute Gasteiger partial charge is 0.396 e. The highest BCUT2D eigenvalue weighted by Crippen LogP contribution is 2.34. The molecule has 1 saturated heterocycles. The number of nitrogens with zero attached hydrogens (tertiary/aromatic N) is 1. The molecule has 0 unspecified atom stereocenters. The van der Waals surface area contributed by atoms with E-state index >= 15 is 0 Å². The summed E-state index contributed by atoms with van der Waals surface area (Å²) in [5.41, 5.74) is -0.415. The van der Waals surface area contributed by atoms with E-state index in [0.717, 1.165) is 6.42 Å². The van der Waals surface area contributed by atoms with E-state index in [2.05, 4.69) is 5.32 Å². The Morgan fingerprint density at radius 3 is 2.87 bits per heavy atom. The second kappa shape index (κ2) is 7.86. The lowest BCUT2D eigenvalue weighted by Crippen LogP contribution is -2.55. The molecule has 6 heteroatoms. The molecule has 3 N–H and O–H groups in total. The number of carbonyl (C=O) groups is 1. The normalized spacial score (nSPS) is 25.3. The summed E-state index contributed by atoms with van der Waals surface area (Å²) >= 11 is 0. The van der Waals surface area contributed by atoms with Gasteiger partial charge >= 0.3 is 0 Å². The molecule has 2 rings (SSSR count). The van der Waals surface area contributed by atoms with E-state index in [-0.39, 0.29) is 24.7 Å². The number of carbonyl (C=O) groups excluding carboxylic acids is 1. The minimum Gasteiger partial charge on any atom is -0.396 e. The first-order chi connectivity index (χ1) is 11.0. The van der Waals surface area contributed by atoms with Crippen LogP contribution in [0.2, 0.25) is 0 Å². The molecule has 1 amide bonds. The monoisotopic (exact) mass is 324 g/mol. The Morgan fingerprint density at radius 2 is 2.22 bits per heavy atom. The topological polar surface area (TPSA) is 72.8 Å². The van der Waals surface area contributed by atoms with Gasteiger partial charge in [-0.2, -0.15) is 0 Å². The van der Waals surface area contributed by atoms with Crippen molar-refractivity contribution in [1.82, 2.24) is 4.90 Å². The second-order valence-corrected chi connectivity index (χ2v) is 6.31. The first-order valence-electron chi connectivity index (χ1n) is 8.06. The summed E-state index contributed by atoms with van der Waals surface area (Å²) < 4.78 is 13.6. The zero-order valence-electron chi connectivity index (χ0n) is 13.5. The average molecular weight is 324 g/mol. The quantitative estimate of drug-likeness (QED) is 0.743. The summed E-state index contributed by atoms with van der Waals surface area (Å²) in [6.45, 7) is 3.06. The zero-order valence-corrected chi connectivity index (χ0v) is 13.5. The molecule has 1 aromatic carbocycles. The van der Waals surface area contributed by atoms with Gasteiger partial charge in [0.2, 0.25) is 5.91 Å². The highest BCUT2D eigenvalue weighted by Gasteiger charge is 2.41. The predicted molar refractivity (Wildman–Crippen MR) is 86.5 cm³/mol. The third-order valence-electron chi connectivity index (χ3n) is 4.54. The molecule has 1 heterocycles. The van der Waals surface area contributed by atoms with E-state index in [1.54, 1.807) is 12.1 Å². The molecule has 1 aliphatic heterocycles. The van der Waals surface area contributed by atoms with E-state index in [9.17, 15) is 19.4 Å². The summed E-state index contributed by atoms with van der Waals surface area (Å²) in [6, 6.07) is 6.04. The fourth-order valence-corrected chi connectivity index (χ4v) is 3.31. The molecule has 0 spiro atoms. The van der Waals surface area contributed by atoms with Gasteiger partial charge in [-0.1, -0.05) is 25.5 Å². The fraction of sp³-hybridized carbons (Fsp3) is 0.588. The van der Waals surface area contributed by atoms with Crippen LogP contribution >= 0.6 is 0 Å². The lowest BCUT2D eigenvalue weighted by molar-refractivity contribution is -0.121. The van der Waals surface area contributed by atoms with Gasteiger partial charge in [0.05, 0.1) is 24.9 Å². The number of para-hydroxylation sites is 1. The molecule has 0 radical (unpaired) electrons. The lowest BCUT2D eigenvalue weighted by atomic mass is 9.74. The van der Waals surface area contributed by atoms with Crippen LogP contribution < -0.4 is 5.32 Å². The number of aliphatic hydroxyl groups excluding tert-OH is 2. The van der Waals surface area contributed by atoms with Crippen molar-refractivity contribution in [1.29, 1.82) is 0 Å². The SMILES string of the molecule is CCC[C@]1(CO)CN(CC(=O)Nc2ccccc2F)CC[C@@H]1O. The van der Waals surface area contributed by atoms with Crippen LogP contribution in [0.25, 0.3) is 0 Å². The Morgan fingerprint density at radius 1 is 1.48 bits per heavy atom. The van der Waals surface area contributed by atoms with Gasteiger partial charge in [-0.05, 0) is 25.0 Å². The Balaban J connectivity index is 1.97. The van der Waals surface area contributed by atoms with E-state index in [4.69, 9.17) is 0 Å². The van der Waals surface area contributed by atoms with Crippen LogP contribution in [0.1, 0.15) is 26.2 Å². The maximum absolute atomic E-state index is 13.6. The van der Waals surface area contributed by atoms with Crippen LogP contribution in [0.15, 0.2) is 24.3 Å². The molecular formula is C17H25FN2O3. The van der Waals surface area contributed by atoms with Gasteiger partial charge in [0.1, 0.15) is 5.82 Å². The van der Waals surface area contributed by atoms with Gasteiger partial charge in [0.25, 0.3) is 0 Å². The molecule has 0 aromatic heterocycles. The smallest absolute Gasteiger partial charge is 0.238 e. The number of anilines is 1. The molecule has 1 fully saturated rings. The van der Waals surface area contributed by atoms with E-state index < -0.39 is 17.3 Å². The molecule has 0 bridgehead atoms. The summed E-state index contributed by atoms with van der Waals surface area (Å²) in [5.74, 6) is -0.763. The highest BCUT2D eigenvalue weighted by molar-refractivity contribution is 5.92. The van der Waals surface area contributed by atoms with Crippen LogP contribution in [0.5, 0.6) is 0 Å². The van der Waals surface area contributed by atoms with Crippen molar-refractivity contribution in [2.45, 2.75) is 32.3 Å². The Labute approximate surface area is 136 Å². The van der Waals surface area contributed by atoms with E-state index in [1.807, 2.05) is 11.8 Å². The van der Waals surface area contributed by atoms with Gasteiger partial charge in [0, 0.05) is 18.5 Å². The summed E-state index contributed by atoms with van der Waals surface area (Å²) in [6.07, 6.45) is 1.52. The molecule has 0 aliphatic carbocycles. The van der Waals surface area contributed by atoms with E-state index in [1.165, 1.54) is 12.1 Å². The highest BCUT2D eigenvalue weighted by atomic mass is 19.1. The zero-order chi connectivity index (χ0) is 16.9. The molecule has 2 atom stereocenters. The third-order valence-corrected chi connectivity index (χ3v) is 4.54. The molecule has 1 aliphatic rings. The maximum atomic E-state index is 13.6. The van der Waals surface area contributed by atoms with Crippen molar-refractivity contribution in [3.8, 4) is 0 Å². The number of halogens is 1.